The molecular formula is C22H20N4O3. The molecule has 0 aliphatic rings. The van der Waals surface area contributed by atoms with Crippen LogP contribution in [0.2, 0.25) is 0 Å². The van der Waals surface area contributed by atoms with Gasteiger partial charge in [0, 0.05) is 6.54 Å². The largest absolute Gasteiger partial charge is 0.496 e. The van der Waals surface area contributed by atoms with Gasteiger partial charge in [-0.05, 0) is 42.0 Å². The zero-order valence-corrected chi connectivity index (χ0v) is 16.1. The minimum atomic E-state index is -0.391. The monoisotopic (exact) mass is 388 g/mol. The second-order valence-electron chi connectivity index (χ2n) is 6.48. The SMILES string of the molecule is CCn1c(NNC(=O)c2cc3ccccc3cc2OC)nc2ccccc2c1=O. The first-order valence-electron chi connectivity index (χ1n) is 9.25. The van der Waals surface area contributed by atoms with Crippen LogP contribution in [-0.4, -0.2) is 22.6 Å². The Morgan fingerprint density at radius 3 is 2.48 bits per heavy atom. The summed E-state index contributed by atoms with van der Waals surface area (Å²) in [7, 11) is 1.52. The zero-order valence-electron chi connectivity index (χ0n) is 16.1. The van der Waals surface area contributed by atoms with Gasteiger partial charge in [-0.25, -0.2) is 4.98 Å². The molecule has 0 bridgehead atoms. The number of anilines is 1. The number of rotatable bonds is 5. The van der Waals surface area contributed by atoms with Crippen LogP contribution >= 0.6 is 0 Å². The van der Waals surface area contributed by atoms with Crippen molar-refractivity contribution in [1.29, 1.82) is 0 Å². The van der Waals surface area contributed by atoms with Gasteiger partial charge < -0.3 is 4.74 Å². The van der Waals surface area contributed by atoms with Gasteiger partial charge in [-0.2, -0.15) is 0 Å². The molecule has 7 heteroatoms. The Balaban J connectivity index is 1.67. The average molecular weight is 388 g/mol. The van der Waals surface area contributed by atoms with Crippen molar-refractivity contribution in [2.75, 3.05) is 12.5 Å². The van der Waals surface area contributed by atoms with Gasteiger partial charge in [-0.3, -0.25) is 25.0 Å². The van der Waals surface area contributed by atoms with Crippen LogP contribution in [0.15, 0.2) is 65.5 Å². The number of hydrogen-bond donors (Lipinski definition) is 2. The van der Waals surface area contributed by atoms with E-state index in [1.807, 2.05) is 43.3 Å². The van der Waals surface area contributed by atoms with Crippen LogP contribution in [0.1, 0.15) is 17.3 Å². The summed E-state index contributed by atoms with van der Waals surface area (Å²) >= 11 is 0. The lowest BCUT2D eigenvalue weighted by molar-refractivity contribution is 0.0959. The normalized spacial score (nSPS) is 10.8. The number of carbonyl (C=O) groups is 1. The van der Waals surface area contributed by atoms with Crippen molar-refractivity contribution < 1.29 is 9.53 Å². The number of aromatic nitrogens is 2. The number of nitrogens with one attached hydrogen (secondary N) is 2. The highest BCUT2D eigenvalue weighted by Gasteiger charge is 2.15. The molecular weight excluding hydrogens is 368 g/mol. The maximum atomic E-state index is 12.8. The highest BCUT2D eigenvalue weighted by molar-refractivity contribution is 6.02. The summed E-state index contributed by atoms with van der Waals surface area (Å²) in [6, 6.07) is 18.4. The number of amides is 1. The zero-order chi connectivity index (χ0) is 20.4. The molecule has 0 radical (unpaired) electrons. The van der Waals surface area contributed by atoms with E-state index in [-0.39, 0.29) is 11.5 Å². The molecule has 0 aliphatic carbocycles. The van der Waals surface area contributed by atoms with Crippen molar-refractivity contribution in [3.8, 4) is 5.75 Å². The Morgan fingerprint density at radius 1 is 1.07 bits per heavy atom. The van der Waals surface area contributed by atoms with E-state index in [0.29, 0.717) is 28.8 Å². The fourth-order valence-corrected chi connectivity index (χ4v) is 3.30. The van der Waals surface area contributed by atoms with Gasteiger partial charge in [-0.1, -0.05) is 36.4 Å². The highest BCUT2D eigenvalue weighted by Crippen LogP contribution is 2.25. The Kier molecular flexibility index (Phi) is 4.87. The number of benzene rings is 3. The topological polar surface area (TPSA) is 85.2 Å². The Bertz CT molecular complexity index is 1280. The van der Waals surface area contributed by atoms with E-state index in [1.54, 1.807) is 24.3 Å². The standard InChI is InChI=1S/C22H20N4O3/c1-3-26-21(28)16-10-6-7-11-18(16)23-22(26)25-24-20(27)17-12-14-8-4-5-9-15(14)13-19(17)29-2/h4-13H,3H2,1-2H3,(H,23,25)(H,24,27). The molecule has 1 amide bonds. The van der Waals surface area contributed by atoms with E-state index in [4.69, 9.17) is 4.74 Å². The first kappa shape index (κ1) is 18.5. The molecule has 0 aliphatic heterocycles. The van der Waals surface area contributed by atoms with Crippen molar-refractivity contribution in [3.05, 3.63) is 76.6 Å². The third-order valence-electron chi connectivity index (χ3n) is 4.78. The van der Waals surface area contributed by atoms with Crippen LogP contribution < -0.4 is 21.1 Å². The molecule has 0 atom stereocenters. The van der Waals surface area contributed by atoms with E-state index in [9.17, 15) is 9.59 Å². The first-order valence-corrected chi connectivity index (χ1v) is 9.25. The van der Waals surface area contributed by atoms with Crippen molar-refractivity contribution in [3.63, 3.8) is 0 Å². The minimum absolute atomic E-state index is 0.168. The number of nitrogens with zero attached hydrogens (tertiary/aromatic N) is 2. The molecule has 4 aromatic rings. The molecule has 4 rings (SSSR count). The van der Waals surface area contributed by atoms with E-state index in [2.05, 4.69) is 15.8 Å². The predicted molar refractivity (Wildman–Crippen MR) is 113 cm³/mol. The van der Waals surface area contributed by atoms with Crippen LogP contribution in [0.4, 0.5) is 5.95 Å². The summed E-state index contributed by atoms with van der Waals surface area (Å²) < 4.78 is 6.86. The quantitative estimate of drug-likeness (QED) is 0.512. The second kappa shape index (κ2) is 7.63. The number of carbonyl (C=O) groups excluding carboxylic acids is 1. The summed E-state index contributed by atoms with van der Waals surface area (Å²) in [6.07, 6.45) is 0. The number of ether oxygens (including phenoxy) is 1. The van der Waals surface area contributed by atoms with Crippen LogP contribution in [0.25, 0.3) is 21.7 Å². The van der Waals surface area contributed by atoms with Crippen molar-refractivity contribution in [1.82, 2.24) is 15.0 Å². The highest BCUT2D eigenvalue weighted by atomic mass is 16.5. The second-order valence-corrected chi connectivity index (χ2v) is 6.48. The van der Waals surface area contributed by atoms with Gasteiger partial charge >= 0.3 is 0 Å². The Morgan fingerprint density at radius 2 is 1.76 bits per heavy atom. The lowest BCUT2D eigenvalue weighted by atomic mass is 10.1. The number of methoxy groups -OCH3 is 1. The minimum Gasteiger partial charge on any atom is -0.496 e. The molecule has 146 valence electrons. The molecule has 0 saturated heterocycles. The van der Waals surface area contributed by atoms with E-state index in [0.717, 1.165) is 10.8 Å². The molecule has 1 aromatic heterocycles. The molecule has 29 heavy (non-hydrogen) atoms. The van der Waals surface area contributed by atoms with Crippen LogP contribution in [0.5, 0.6) is 5.75 Å². The van der Waals surface area contributed by atoms with Gasteiger partial charge in [0.15, 0.2) is 0 Å². The third-order valence-corrected chi connectivity index (χ3v) is 4.78. The summed E-state index contributed by atoms with van der Waals surface area (Å²) in [5.41, 5.74) is 6.19. The molecule has 0 unspecified atom stereocenters. The maximum absolute atomic E-state index is 12.8. The van der Waals surface area contributed by atoms with Gasteiger partial charge in [0.2, 0.25) is 5.95 Å². The fourth-order valence-electron chi connectivity index (χ4n) is 3.30. The fraction of sp³-hybridized carbons (Fsp3) is 0.136. The summed E-state index contributed by atoms with van der Waals surface area (Å²) in [6.45, 7) is 2.26. The molecule has 0 fully saturated rings. The molecule has 2 N–H and O–H groups in total. The van der Waals surface area contributed by atoms with Gasteiger partial charge in [0.05, 0.1) is 23.6 Å². The van der Waals surface area contributed by atoms with Gasteiger partial charge in [-0.15, -0.1) is 0 Å². The van der Waals surface area contributed by atoms with Crippen molar-refractivity contribution in [2.24, 2.45) is 0 Å². The number of hydrogen-bond acceptors (Lipinski definition) is 5. The molecule has 3 aromatic carbocycles. The smallest absolute Gasteiger partial charge is 0.273 e. The number of fused-ring (bicyclic) bond motifs is 2. The maximum Gasteiger partial charge on any atom is 0.273 e. The van der Waals surface area contributed by atoms with Crippen LogP contribution in [0, 0.1) is 0 Å². The summed E-state index contributed by atoms with van der Waals surface area (Å²) in [5, 5.41) is 2.43. The summed E-state index contributed by atoms with van der Waals surface area (Å²) in [5.74, 6) is 0.337. The Hall–Kier alpha value is -3.87. The van der Waals surface area contributed by atoms with E-state index in [1.165, 1.54) is 11.7 Å². The molecule has 1 heterocycles. The molecule has 0 saturated carbocycles. The summed E-state index contributed by atoms with van der Waals surface area (Å²) in [4.78, 5) is 30.0. The number of para-hydroxylation sites is 1. The number of hydrazine groups is 1. The Labute approximate surface area is 166 Å². The van der Waals surface area contributed by atoms with Crippen molar-refractivity contribution in [2.45, 2.75) is 13.5 Å². The lowest BCUT2D eigenvalue weighted by Gasteiger charge is -2.15. The van der Waals surface area contributed by atoms with E-state index < -0.39 is 5.91 Å². The van der Waals surface area contributed by atoms with E-state index >= 15 is 0 Å². The average Bonchev–Trinajstić information content (AvgIpc) is 2.76. The third kappa shape index (κ3) is 3.38. The van der Waals surface area contributed by atoms with Crippen LogP contribution in [0.3, 0.4) is 0 Å². The van der Waals surface area contributed by atoms with Crippen molar-refractivity contribution >= 4 is 33.5 Å². The molecule has 7 nitrogen and oxygen atoms in total. The predicted octanol–water partition coefficient (Wildman–Crippen LogP) is 3.34. The van der Waals surface area contributed by atoms with Gasteiger partial charge in [0.25, 0.3) is 11.5 Å². The molecule has 0 spiro atoms. The van der Waals surface area contributed by atoms with Gasteiger partial charge in [0.1, 0.15) is 5.75 Å². The van der Waals surface area contributed by atoms with Crippen LogP contribution in [-0.2, 0) is 6.54 Å². The first-order chi connectivity index (χ1) is 14.1. The lowest BCUT2D eigenvalue weighted by Crippen LogP contribution is -2.34.